The summed E-state index contributed by atoms with van der Waals surface area (Å²) in [7, 11) is 3.28. The van der Waals surface area contributed by atoms with Crippen molar-refractivity contribution in [3.05, 3.63) is 72.8 Å². The Labute approximate surface area is 184 Å². The average Bonchev–Trinajstić information content (AvgIpc) is 3.55. The lowest BCUT2D eigenvalue weighted by Gasteiger charge is -2.01. The molecule has 158 valence electrons. The summed E-state index contributed by atoms with van der Waals surface area (Å²) in [4.78, 5) is 9.30. The van der Waals surface area contributed by atoms with E-state index < -0.39 is 0 Å². The molecule has 0 amide bonds. The minimum Gasteiger partial charge on any atom is -0.497 e. The highest BCUT2D eigenvalue weighted by Gasteiger charge is 2.12. The zero-order valence-corrected chi connectivity index (χ0v) is 17.5. The third kappa shape index (κ3) is 3.81. The molecule has 0 atom stereocenters. The predicted octanol–water partition coefficient (Wildman–Crippen LogP) is 4.61. The van der Waals surface area contributed by atoms with E-state index in [2.05, 4.69) is 30.4 Å². The lowest BCUT2D eigenvalue weighted by Crippen LogP contribution is -1.86. The van der Waals surface area contributed by atoms with Gasteiger partial charge in [0, 0.05) is 22.3 Å². The van der Waals surface area contributed by atoms with E-state index in [-0.39, 0.29) is 0 Å². The first-order chi connectivity index (χ1) is 15.7. The topological polar surface area (TPSA) is 102 Å². The highest BCUT2D eigenvalue weighted by molar-refractivity contribution is 5.69. The minimum atomic E-state index is 0.591. The number of ether oxygens (including phenoxy) is 2. The summed E-state index contributed by atoms with van der Waals surface area (Å²) in [5, 5.41) is 14.8. The van der Waals surface area contributed by atoms with Crippen molar-refractivity contribution in [2.24, 2.45) is 0 Å². The van der Waals surface area contributed by atoms with Gasteiger partial charge in [-0.1, -0.05) is 42.5 Å². The van der Waals surface area contributed by atoms with Crippen molar-refractivity contribution in [1.82, 2.24) is 30.4 Å². The first kappa shape index (κ1) is 19.5. The van der Waals surface area contributed by atoms with Crippen LogP contribution in [0.1, 0.15) is 0 Å². The number of nitrogens with one attached hydrogen (secondary N) is 2. The molecule has 0 fully saturated rings. The molecule has 2 N–H and O–H groups in total. The third-order valence-electron chi connectivity index (χ3n) is 5.04. The summed E-state index contributed by atoms with van der Waals surface area (Å²) in [6.07, 6.45) is 0. The average molecular weight is 424 g/mol. The molecule has 0 aliphatic heterocycles. The van der Waals surface area contributed by atoms with Crippen LogP contribution in [0.15, 0.2) is 72.8 Å². The van der Waals surface area contributed by atoms with Gasteiger partial charge < -0.3 is 9.47 Å². The van der Waals surface area contributed by atoms with Crippen molar-refractivity contribution in [1.29, 1.82) is 0 Å². The predicted molar refractivity (Wildman–Crippen MR) is 121 cm³/mol. The SMILES string of the molecule is COc1cccc(-c2nc(-c3cccc(-c4n[nH]c(-c5cccc(OC)c5)n4)c3)n[nH]2)c1. The van der Waals surface area contributed by atoms with Crippen LogP contribution in [0, 0.1) is 0 Å². The Bertz CT molecular complexity index is 1270. The molecule has 0 spiro atoms. The zero-order chi connectivity index (χ0) is 21.9. The summed E-state index contributed by atoms with van der Waals surface area (Å²) in [6, 6.07) is 23.2. The molecule has 8 nitrogen and oxygen atoms in total. The van der Waals surface area contributed by atoms with Crippen molar-refractivity contribution in [3.8, 4) is 57.1 Å². The normalized spacial score (nSPS) is 10.8. The molecule has 5 aromatic rings. The summed E-state index contributed by atoms with van der Waals surface area (Å²) >= 11 is 0. The number of aromatic nitrogens is 6. The van der Waals surface area contributed by atoms with Crippen LogP contribution in [-0.4, -0.2) is 44.6 Å². The maximum Gasteiger partial charge on any atom is 0.181 e. The summed E-state index contributed by atoms with van der Waals surface area (Å²) in [5.74, 6) is 4.05. The minimum absolute atomic E-state index is 0.591. The molecule has 8 heteroatoms. The number of aromatic amines is 2. The molecule has 2 aromatic heterocycles. The molecule has 0 saturated carbocycles. The number of nitrogens with zero attached hydrogens (tertiary/aromatic N) is 4. The van der Waals surface area contributed by atoms with E-state index in [0.717, 1.165) is 33.8 Å². The Morgan fingerprint density at radius 2 is 1.00 bits per heavy atom. The van der Waals surface area contributed by atoms with Gasteiger partial charge in [-0.25, -0.2) is 9.97 Å². The molecule has 0 radical (unpaired) electrons. The van der Waals surface area contributed by atoms with Crippen LogP contribution < -0.4 is 9.47 Å². The Morgan fingerprint density at radius 3 is 1.47 bits per heavy atom. The Hall–Kier alpha value is -4.46. The standard InChI is InChI=1S/C24H20N6O2/c1-31-19-10-4-8-17(13-19)23-25-21(27-29-23)15-6-3-7-16(12-15)22-26-24(30-28-22)18-9-5-11-20(14-18)32-2/h3-14H,1-2H3,(H,25,27,29)(H,26,28,30). The van der Waals surface area contributed by atoms with Gasteiger partial charge in [0.15, 0.2) is 23.3 Å². The van der Waals surface area contributed by atoms with Crippen LogP contribution in [0.2, 0.25) is 0 Å². The lowest BCUT2D eigenvalue weighted by atomic mass is 10.1. The summed E-state index contributed by atoms with van der Waals surface area (Å²) < 4.78 is 10.6. The molecular weight excluding hydrogens is 404 g/mol. The van der Waals surface area contributed by atoms with E-state index in [9.17, 15) is 0 Å². The van der Waals surface area contributed by atoms with Crippen molar-refractivity contribution < 1.29 is 9.47 Å². The van der Waals surface area contributed by atoms with E-state index in [1.807, 2.05) is 72.8 Å². The summed E-state index contributed by atoms with van der Waals surface area (Å²) in [5.41, 5.74) is 3.52. The van der Waals surface area contributed by atoms with Crippen LogP contribution in [0.25, 0.3) is 45.6 Å². The maximum absolute atomic E-state index is 5.29. The smallest absolute Gasteiger partial charge is 0.181 e. The first-order valence-corrected chi connectivity index (χ1v) is 9.98. The van der Waals surface area contributed by atoms with Crippen molar-refractivity contribution >= 4 is 0 Å². The number of hydrogen-bond acceptors (Lipinski definition) is 6. The van der Waals surface area contributed by atoms with Crippen molar-refractivity contribution in [3.63, 3.8) is 0 Å². The largest absolute Gasteiger partial charge is 0.497 e. The second-order valence-corrected chi connectivity index (χ2v) is 7.06. The number of methoxy groups -OCH3 is 2. The van der Waals surface area contributed by atoms with Gasteiger partial charge in [-0.05, 0) is 30.3 Å². The molecule has 5 rings (SSSR count). The second-order valence-electron chi connectivity index (χ2n) is 7.06. The second kappa shape index (κ2) is 8.35. The Balaban J connectivity index is 1.43. The monoisotopic (exact) mass is 424 g/mol. The number of benzene rings is 3. The molecule has 0 bridgehead atoms. The van der Waals surface area contributed by atoms with Gasteiger partial charge in [-0.2, -0.15) is 10.2 Å². The van der Waals surface area contributed by atoms with Crippen LogP contribution in [0.5, 0.6) is 11.5 Å². The molecule has 2 heterocycles. The highest BCUT2D eigenvalue weighted by atomic mass is 16.5. The van der Waals surface area contributed by atoms with E-state index in [1.165, 1.54) is 0 Å². The summed E-state index contributed by atoms with van der Waals surface area (Å²) in [6.45, 7) is 0. The number of H-pyrrole nitrogens is 2. The van der Waals surface area contributed by atoms with Crippen molar-refractivity contribution in [2.75, 3.05) is 14.2 Å². The molecule has 0 saturated heterocycles. The quantitative estimate of drug-likeness (QED) is 0.413. The van der Waals surface area contributed by atoms with E-state index in [1.54, 1.807) is 14.2 Å². The van der Waals surface area contributed by atoms with Gasteiger partial charge in [-0.15, -0.1) is 0 Å². The van der Waals surface area contributed by atoms with E-state index in [0.29, 0.717) is 23.3 Å². The van der Waals surface area contributed by atoms with Crippen LogP contribution in [0.4, 0.5) is 0 Å². The van der Waals surface area contributed by atoms with Gasteiger partial charge in [0.1, 0.15) is 11.5 Å². The molecule has 0 aliphatic carbocycles. The molecule has 3 aromatic carbocycles. The molecule has 0 unspecified atom stereocenters. The van der Waals surface area contributed by atoms with E-state index >= 15 is 0 Å². The first-order valence-electron chi connectivity index (χ1n) is 9.98. The number of rotatable bonds is 6. The number of hydrogen-bond donors (Lipinski definition) is 2. The van der Waals surface area contributed by atoms with Crippen LogP contribution in [-0.2, 0) is 0 Å². The van der Waals surface area contributed by atoms with Gasteiger partial charge in [0.25, 0.3) is 0 Å². The fourth-order valence-corrected chi connectivity index (χ4v) is 3.38. The Morgan fingerprint density at radius 1 is 0.562 bits per heavy atom. The maximum atomic E-state index is 5.29. The lowest BCUT2D eigenvalue weighted by molar-refractivity contribution is 0.415. The van der Waals surface area contributed by atoms with Gasteiger partial charge >= 0.3 is 0 Å². The fraction of sp³-hybridized carbons (Fsp3) is 0.0833. The van der Waals surface area contributed by atoms with Gasteiger partial charge in [-0.3, -0.25) is 10.2 Å². The van der Waals surface area contributed by atoms with Gasteiger partial charge in [0.05, 0.1) is 14.2 Å². The van der Waals surface area contributed by atoms with Gasteiger partial charge in [0.2, 0.25) is 0 Å². The Kier molecular flexibility index (Phi) is 5.09. The molecule has 32 heavy (non-hydrogen) atoms. The van der Waals surface area contributed by atoms with E-state index in [4.69, 9.17) is 9.47 Å². The third-order valence-corrected chi connectivity index (χ3v) is 5.04. The van der Waals surface area contributed by atoms with Crippen LogP contribution >= 0.6 is 0 Å². The molecular formula is C24H20N6O2. The zero-order valence-electron chi connectivity index (χ0n) is 17.5. The fourth-order valence-electron chi connectivity index (χ4n) is 3.38. The molecule has 0 aliphatic rings. The highest BCUT2D eigenvalue weighted by Crippen LogP contribution is 2.27. The van der Waals surface area contributed by atoms with Crippen molar-refractivity contribution in [2.45, 2.75) is 0 Å². The van der Waals surface area contributed by atoms with Crippen LogP contribution in [0.3, 0.4) is 0 Å².